The average Bonchev–Trinajstić information content (AvgIpc) is 3.15. The first-order valence-corrected chi connectivity index (χ1v) is 6.15. The number of aryl methyl sites for hydroxylation is 1. The van der Waals surface area contributed by atoms with Gasteiger partial charge in [-0.25, -0.2) is 0 Å². The van der Waals surface area contributed by atoms with E-state index in [1.807, 2.05) is 19.2 Å². The Kier molecular flexibility index (Phi) is 4.10. The molecule has 0 radical (unpaired) electrons. The van der Waals surface area contributed by atoms with E-state index in [2.05, 4.69) is 16.4 Å². The molecule has 17 heavy (non-hydrogen) atoms. The maximum absolute atomic E-state index is 9.14. The minimum absolute atomic E-state index is 0.0501. The van der Waals surface area contributed by atoms with Crippen LogP contribution in [0.3, 0.4) is 0 Å². The van der Waals surface area contributed by atoms with Crippen molar-refractivity contribution in [2.24, 2.45) is 5.92 Å². The fourth-order valence-corrected chi connectivity index (χ4v) is 2.04. The van der Waals surface area contributed by atoms with Crippen LogP contribution in [0.2, 0.25) is 0 Å². The molecule has 1 aliphatic rings. The van der Waals surface area contributed by atoms with Crippen molar-refractivity contribution in [2.75, 3.05) is 13.2 Å². The molecule has 0 amide bonds. The van der Waals surface area contributed by atoms with Gasteiger partial charge in [0.05, 0.1) is 31.0 Å². The van der Waals surface area contributed by atoms with Gasteiger partial charge in [-0.3, -0.25) is 4.98 Å². The average molecular weight is 236 g/mol. The summed E-state index contributed by atoms with van der Waals surface area (Å²) in [5.74, 6) is 0.588. The topological polar surface area (TPSA) is 65.4 Å². The Hall–Kier alpha value is -0.970. The summed E-state index contributed by atoms with van der Waals surface area (Å²) in [6.45, 7) is 1.95. The summed E-state index contributed by atoms with van der Waals surface area (Å²) < 4.78 is 0. The SMILES string of the molecule is Cc1ccnc(C(NC(CO)CO)C2CC2)c1. The maximum atomic E-state index is 9.14. The first-order chi connectivity index (χ1) is 8.24. The van der Waals surface area contributed by atoms with Gasteiger partial charge in [-0.15, -0.1) is 0 Å². The van der Waals surface area contributed by atoms with Crippen molar-refractivity contribution in [1.82, 2.24) is 10.3 Å². The lowest BCUT2D eigenvalue weighted by Gasteiger charge is -2.23. The summed E-state index contributed by atoms with van der Waals surface area (Å²) in [4.78, 5) is 4.40. The first kappa shape index (κ1) is 12.5. The number of aromatic nitrogens is 1. The number of aliphatic hydroxyl groups is 2. The quantitative estimate of drug-likeness (QED) is 0.683. The largest absolute Gasteiger partial charge is 0.395 e. The highest BCUT2D eigenvalue weighted by Gasteiger charge is 2.34. The van der Waals surface area contributed by atoms with Crippen molar-refractivity contribution in [3.63, 3.8) is 0 Å². The second kappa shape index (κ2) is 5.58. The third kappa shape index (κ3) is 3.25. The molecule has 1 saturated carbocycles. The van der Waals surface area contributed by atoms with Crippen LogP contribution in [-0.4, -0.2) is 34.5 Å². The Balaban J connectivity index is 2.11. The van der Waals surface area contributed by atoms with E-state index in [-0.39, 0.29) is 25.3 Å². The fourth-order valence-electron chi connectivity index (χ4n) is 2.04. The molecule has 1 aromatic rings. The summed E-state index contributed by atoms with van der Waals surface area (Å²) in [7, 11) is 0. The monoisotopic (exact) mass is 236 g/mol. The van der Waals surface area contributed by atoms with Crippen LogP contribution >= 0.6 is 0 Å². The number of hydrogen-bond acceptors (Lipinski definition) is 4. The van der Waals surface area contributed by atoms with Gasteiger partial charge in [-0.2, -0.15) is 0 Å². The van der Waals surface area contributed by atoms with E-state index < -0.39 is 0 Å². The van der Waals surface area contributed by atoms with E-state index in [1.54, 1.807) is 0 Å². The number of rotatable bonds is 6. The van der Waals surface area contributed by atoms with E-state index in [4.69, 9.17) is 10.2 Å². The second-order valence-electron chi connectivity index (χ2n) is 4.80. The van der Waals surface area contributed by atoms with E-state index >= 15 is 0 Å². The van der Waals surface area contributed by atoms with Gasteiger partial charge in [0.2, 0.25) is 0 Å². The van der Waals surface area contributed by atoms with Gasteiger partial charge >= 0.3 is 0 Å². The fraction of sp³-hybridized carbons (Fsp3) is 0.615. The molecule has 1 atom stereocenters. The summed E-state index contributed by atoms with van der Waals surface area (Å²) in [5, 5.41) is 21.6. The lowest BCUT2D eigenvalue weighted by atomic mass is 10.1. The molecule has 3 N–H and O–H groups in total. The molecule has 4 heteroatoms. The van der Waals surface area contributed by atoms with E-state index in [0.29, 0.717) is 5.92 Å². The van der Waals surface area contributed by atoms with E-state index in [1.165, 1.54) is 18.4 Å². The van der Waals surface area contributed by atoms with E-state index in [9.17, 15) is 0 Å². The molecule has 0 spiro atoms. The Morgan fingerprint density at radius 3 is 2.65 bits per heavy atom. The van der Waals surface area contributed by atoms with Crippen LogP contribution in [0, 0.1) is 12.8 Å². The van der Waals surface area contributed by atoms with Crippen molar-refractivity contribution >= 4 is 0 Å². The first-order valence-electron chi connectivity index (χ1n) is 6.15. The molecule has 1 aromatic heterocycles. The van der Waals surface area contributed by atoms with Crippen molar-refractivity contribution in [3.05, 3.63) is 29.6 Å². The van der Waals surface area contributed by atoms with Gasteiger partial charge in [0.25, 0.3) is 0 Å². The third-order valence-electron chi connectivity index (χ3n) is 3.20. The molecular formula is C13H20N2O2. The van der Waals surface area contributed by atoms with Crippen LogP contribution in [-0.2, 0) is 0 Å². The zero-order valence-corrected chi connectivity index (χ0v) is 10.1. The van der Waals surface area contributed by atoms with Crippen molar-refractivity contribution in [3.8, 4) is 0 Å². The minimum Gasteiger partial charge on any atom is -0.395 e. The molecule has 2 rings (SSSR count). The predicted octanol–water partition coefficient (Wildman–Crippen LogP) is 0.784. The smallest absolute Gasteiger partial charge is 0.0607 e. The zero-order chi connectivity index (χ0) is 12.3. The van der Waals surface area contributed by atoms with E-state index in [0.717, 1.165) is 5.69 Å². The molecule has 1 aliphatic carbocycles. The minimum atomic E-state index is -0.261. The zero-order valence-electron chi connectivity index (χ0n) is 10.1. The Labute approximate surface area is 102 Å². The molecule has 94 valence electrons. The highest BCUT2D eigenvalue weighted by molar-refractivity contribution is 5.19. The van der Waals surface area contributed by atoms with Gasteiger partial charge in [-0.05, 0) is 43.4 Å². The Morgan fingerprint density at radius 1 is 1.41 bits per heavy atom. The van der Waals surface area contributed by atoms with Gasteiger partial charge in [-0.1, -0.05) is 0 Å². The van der Waals surface area contributed by atoms with Crippen molar-refractivity contribution in [2.45, 2.75) is 31.8 Å². The lowest BCUT2D eigenvalue weighted by Crippen LogP contribution is -2.39. The molecule has 0 aliphatic heterocycles. The van der Waals surface area contributed by atoms with Crippen LogP contribution in [0.4, 0.5) is 0 Å². The summed E-state index contributed by atoms with van der Waals surface area (Å²) in [5.41, 5.74) is 2.20. The predicted molar refractivity (Wildman–Crippen MR) is 65.5 cm³/mol. The number of aliphatic hydroxyl groups excluding tert-OH is 2. The number of hydrogen-bond donors (Lipinski definition) is 3. The van der Waals surface area contributed by atoms with Gasteiger partial charge < -0.3 is 15.5 Å². The van der Waals surface area contributed by atoms with Gasteiger partial charge in [0.15, 0.2) is 0 Å². The van der Waals surface area contributed by atoms with Crippen LogP contribution in [0.15, 0.2) is 18.3 Å². The van der Waals surface area contributed by atoms with Crippen molar-refractivity contribution < 1.29 is 10.2 Å². The molecule has 1 fully saturated rings. The second-order valence-corrected chi connectivity index (χ2v) is 4.80. The highest BCUT2D eigenvalue weighted by atomic mass is 16.3. The molecular weight excluding hydrogens is 216 g/mol. The number of nitrogens with one attached hydrogen (secondary N) is 1. The van der Waals surface area contributed by atoms with Crippen LogP contribution < -0.4 is 5.32 Å². The third-order valence-corrected chi connectivity index (χ3v) is 3.20. The van der Waals surface area contributed by atoms with Crippen LogP contribution in [0.5, 0.6) is 0 Å². The number of nitrogens with zero attached hydrogens (tertiary/aromatic N) is 1. The molecule has 0 aromatic carbocycles. The lowest BCUT2D eigenvalue weighted by molar-refractivity contribution is 0.158. The summed E-state index contributed by atoms with van der Waals surface area (Å²) in [6, 6.07) is 3.94. The van der Waals surface area contributed by atoms with Crippen LogP contribution in [0.25, 0.3) is 0 Å². The maximum Gasteiger partial charge on any atom is 0.0607 e. The normalized spacial score (nSPS) is 17.4. The molecule has 0 bridgehead atoms. The standard InChI is InChI=1S/C13H20N2O2/c1-9-4-5-14-12(6-9)13(10-2-3-10)15-11(7-16)8-17/h4-6,10-11,13,15-17H,2-3,7-8H2,1H3. The number of pyridine rings is 1. The molecule has 4 nitrogen and oxygen atoms in total. The highest BCUT2D eigenvalue weighted by Crippen LogP contribution is 2.40. The van der Waals surface area contributed by atoms with Crippen LogP contribution in [0.1, 0.15) is 30.1 Å². The Bertz CT molecular complexity index is 362. The molecule has 1 heterocycles. The van der Waals surface area contributed by atoms with Crippen molar-refractivity contribution in [1.29, 1.82) is 0 Å². The van der Waals surface area contributed by atoms with Gasteiger partial charge in [0.1, 0.15) is 0 Å². The summed E-state index contributed by atoms with van der Waals surface area (Å²) >= 11 is 0. The van der Waals surface area contributed by atoms with Gasteiger partial charge in [0, 0.05) is 6.20 Å². The molecule has 1 unspecified atom stereocenters. The Morgan fingerprint density at radius 2 is 2.12 bits per heavy atom. The molecule has 0 saturated heterocycles. The summed E-state index contributed by atoms with van der Waals surface area (Å²) in [6.07, 6.45) is 4.20.